The minimum Gasteiger partial charge on any atom is -0.207 e. The fourth-order valence-corrected chi connectivity index (χ4v) is 2.86. The van der Waals surface area contributed by atoms with Gasteiger partial charge in [-0.25, -0.2) is 13.1 Å². The van der Waals surface area contributed by atoms with Crippen LogP contribution in [0.25, 0.3) is 0 Å². The monoisotopic (exact) mass is 223 g/mol. The molecule has 0 amide bonds. The molecule has 4 heteroatoms. The van der Waals surface area contributed by atoms with Crippen molar-refractivity contribution in [3.05, 3.63) is 41.5 Å². The minimum absolute atomic E-state index is 0.371. The third kappa shape index (κ3) is 2.11. The van der Waals surface area contributed by atoms with Crippen LogP contribution in [-0.4, -0.2) is 15.0 Å². The maximum Gasteiger partial charge on any atom is 0.241 e. The molecule has 1 N–H and O–H groups in total. The highest BCUT2D eigenvalue weighted by Gasteiger charge is 2.17. The zero-order valence-corrected chi connectivity index (χ0v) is 9.34. The van der Waals surface area contributed by atoms with E-state index in [9.17, 15) is 8.42 Å². The molecule has 3 nitrogen and oxygen atoms in total. The van der Waals surface area contributed by atoms with Gasteiger partial charge in [0.15, 0.2) is 0 Å². The van der Waals surface area contributed by atoms with E-state index < -0.39 is 10.0 Å². The van der Waals surface area contributed by atoms with E-state index in [4.69, 9.17) is 0 Å². The molecule has 0 saturated carbocycles. The lowest BCUT2D eigenvalue weighted by atomic mass is 10.1. The van der Waals surface area contributed by atoms with Crippen LogP contribution < -0.4 is 4.72 Å². The first-order valence-electron chi connectivity index (χ1n) is 4.84. The molecule has 0 atom stereocenters. The summed E-state index contributed by atoms with van der Waals surface area (Å²) in [6, 6.07) is 5.42. The molecule has 0 radical (unpaired) electrons. The Morgan fingerprint density at radius 3 is 2.87 bits per heavy atom. The minimum atomic E-state index is -3.32. The highest BCUT2D eigenvalue weighted by atomic mass is 32.2. The van der Waals surface area contributed by atoms with E-state index in [1.807, 2.05) is 31.2 Å². The van der Waals surface area contributed by atoms with Crippen LogP contribution in [0.4, 0.5) is 0 Å². The molecular formula is C11H13NO2S. The lowest BCUT2D eigenvalue weighted by molar-refractivity contribution is 0.584. The summed E-state index contributed by atoms with van der Waals surface area (Å²) in [5.74, 6) is 0. The second kappa shape index (κ2) is 3.79. The summed E-state index contributed by atoms with van der Waals surface area (Å²) in [7, 11) is -3.32. The third-order valence-electron chi connectivity index (χ3n) is 2.40. The zero-order valence-electron chi connectivity index (χ0n) is 8.53. The molecule has 0 spiro atoms. The fraction of sp³-hybridized carbons (Fsp3) is 0.273. The first-order chi connectivity index (χ1) is 7.09. The van der Waals surface area contributed by atoms with Crippen LogP contribution in [0.2, 0.25) is 0 Å². The Hall–Kier alpha value is -1.13. The van der Waals surface area contributed by atoms with Crippen molar-refractivity contribution < 1.29 is 8.42 Å². The van der Waals surface area contributed by atoms with Crippen LogP contribution in [0.15, 0.2) is 35.2 Å². The number of sulfonamides is 1. The summed E-state index contributed by atoms with van der Waals surface area (Å²) in [6.07, 6.45) is 4.50. The molecule has 0 unspecified atom stereocenters. The molecule has 0 fully saturated rings. The SMILES string of the molecule is Cc1ccc2c(c1)C/C=C\CNS2(=O)=O. The first-order valence-corrected chi connectivity index (χ1v) is 6.32. The quantitative estimate of drug-likeness (QED) is 0.675. The Labute approximate surface area is 89.9 Å². The van der Waals surface area contributed by atoms with Crippen LogP contribution in [0.3, 0.4) is 0 Å². The molecule has 0 aliphatic carbocycles. The molecule has 15 heavy (non-hydrogen) atoms. The number of benzene rings is 1. The van der Waals surface area contributed by atoms with Crippen molar-refractivity contribution in [2.75, 3.05) is 6.54 Å². The Kier molecular flexibility index (Phi) is 2.63. The van der Waals surface area contributed by atoms with E-state index in [0.29, 0.717) is 17.9 Å². The number of fused-ring (bicyclic) bond motifs is 1. The van der Waals surface area contributed by atoms with Crippen LogP contribution >= 0.6 is 0 Å². The lowest BCUT2D eigenvalue weighted by Gasteiger charge is -2.12. The van der Waals surface area contributed by atoms with E-state index in [1.54, 1.807) is 6.07 Å². The molecule has 2 rings (SSSR count). The Bertz CT molecular complexity index is 503. The van der Waals surface area contributed by atoms with Crippen LogP contribution in [0.5, 0.6) is 0 Å². The molecule has 0 saturated heterocycles. The third-order valence-corrected chi connectivity index (χ3v) is 3.93. The smallest absolute Gasteiger partial charge is 0.207 e. The van der Waals surface area contributed by atoms with Crippen LogP contribution in [0.1, 0.15) is 11.1 Å². The summed E-state index contributed by atoms with van der Waals surface area (Å²) >= 11 is 0. The summed E-state index contributed by atoms with van der Waals surface area (Å²) in [4.78, 5) is 0.400. The maximum atomic E-state index is 11.8. The van der Waals surface area contributed by atoms with Gasteiger partial charge in [0, 0.05) is 6.54 Å². The van der Waals surface area contributed by atoms with Crippen molar-refractivity contribution in [2.45, 2.75) is 18.2 Å². The summed E-state index contributed by atoms with van der Waals surface area (Å²) in [5.41, 5.74) is 1.94. The van der Waals surface area contributed by atoms with Crippen molar-refractivity contribution in [3.63, 3.8) is 0 Å². The van der Waals surface area contributed by atoms with Gasteiger partial charge < -0.3 is 0 Å². The molecule has 1 aromatic rings. The molecule has 80 valence electrons. The highest BCUT2D eigenvalue weighted by molar-refractivity contribution is 7.89. The van der Waals surface area contributed by atoms with Gasteiger partial charge in [-0.05, 0) is 25.0 Å². The largest absolute Gasteiger partial charge is 0.241 e. The lowest BCUT2D eigenvalue weighted by Crippen LogP contribution is -2.25. The van der Waals surface area contributed by atoms with Crippen molar-refractivity contribution in [1.29, 1.82) is 0 Å². The molecule has 0 aromatic heterocycles. The molecule has 1 aliphatic heterocycles. The summed E-state index contributed by atoms with van der Waals surface area (Å²) in [6.45, 7) is 2.33. The van der Waals surface area contributed by atoms with Crippen molar-refractivity contribution in [1.82, 2.24) is 4.72 Å². The van der Waals surface area contributed by atoms with Crippen LogP contribution in [0, 0.1) is 6.92 Å². The van der Waals surface area contributed by atoms with Gasteiger partial charge in [-0.2, -0.15) is 0 Å². The number of aryl methyl sites for hydroxylation is 1. The van der Waals surface area contributed by atoms with E-state index in [-0.39, 0.29) is 0 Å². The standard InChI is InChI=1S/C11H13NO2S/c1-9-5-6-11-10(8-9)4-2-3-7-12-15(11,13)14/h2-3,5-6,8,12H,4,7H2,1H3/b3-2-. The second-order valence-electron chi connectivity index (χ2n) is 3.64. The van der Waals surface area contributed by atoms with E-state index in [0.717, 1.165) is 11.1 Å². The predicted molar refractivity (Wildman–Crippen MR) is 59.2 cm³/mol. The van der Waals surface area contributed by atoms with E-state index in [2.05, 4.69) is 4.72 Å². The van der Waals surface area contributed by atoms with Crippen molar-refractivity contribution in [2.24, 2.45) is 0 Å². The van der Waals surface area contributed by atoms with Crippen LogP contribution in [-0.2, 0) is 16.4 Å². The average Bonchev–Trinajstić information content (AvgIpc) is 2.14. The van der Waals surface area contributed by atoms with Gasteiger partial charge in [-0.15, -0.1) is 0 Å². The highest BCUT2D eigenvalue weighted by Crippen LogP contribution is 2.19. The number of rotatable bonds is 0. The van der Waals surface area contributed by atoms with Gasteiger partial charge in [0.2, 0.25) is 10.0 Å². The summed E-state index contributed by atoms with van der Waals surface area (Å²) in [5, 5.41) is 0. The Balaban J connectivity index is 2.62. The van der Waals surface area contributed by atoms with Gasteiger partial charge in [0.1, 0.15) is 0 Å². The Morgan fingerprint density at radius 1 is 1.27 bits per heavy atom. The average molecular weight is 223 g/mol. The number of allylic oxidation sites excluding steroid dienone is 1. The topological polar surface area (TPSA) is 46.2 Å². The normalized spacial score (nSPS) is 21.1. The molecular weight excluding hydrogens is 210 g/mol. The fourth-order valence-electron chi connectivity index (χ4n) is 1.66. The zero-order chi connectivity index (χ0) is 10.9. The molecule has 0 bridgehead atoms. The Morgan fingerprint density at radius 2 is 2.07 bits per heavy atom. The van der Waals surface area contributed by atoms with Gasteiger partial charge in [-0.1, -0.05) is 29.8 Å². The van der Waals surface area contributed by atoms with E-state index in [1.165, 1.54) is 0 Å². The van der Waals surface area contributed by atoms with Gasteiger partial charge >= 0.3 is 0 Å². The van der Waals surface area contributed by atoms with Crippen molar-refractivity contribution in [3.8, 4) is 0 Å². The van der Waals surface area contributed by atoms with Gasteiger partial charge in [0.05, 0.1) is 4.90 Å². The second-order valence-corrected chi connectivity index (χ2v) is 5.37. The first kappa shape index (κ1) is 10.4. The van der Waals surface area contributed by atoms with Gasteiger partial charge in [-0.3, -0.25) is 0 Å². The maximum absolute atomic E-state index is 11.8. The molecule has 1 heterocycles. The van der Waals surface area contributed by atoms with E-state index >= 15 is 0 Å². The predicted octanol–water partition coefficient (Wildman–Crippen LogP) is 1.39. The van der Waals surface area contributed by atoms with Gasteiger partial charge in [0.25, 0.3) is 0 Å². The number of nitrogens with one attached hydrogen (secondary N) is 1. The summed E-state index contributed by atoms with van der Waals surface area (Å²) < 4.78 is 26.1. The van der Waals surface area contributed by atoms with Crippen molar-refractivity contribution >= 4 is 10.0 Å². The molecule has 1 aliphatic rings. The number of hydrogen-bond acceptors (Lipinski definition) is 2. The molecule has 1 aromatic carbocycles. The number of hydrogen-bond donors (Lipinski definition) is 1.